The Bertz CT molecular complexity index is 1030. The molecule has 4 aromatic rings. The van der Waals surface area contributed by atoms with Gasteiger partial charge in [0, 0.05) is 11.6 Å². The van der Waals surface area contributed by atoms with Crippen molar-refractivity contribution in [2.24, 2.45) is 5.73 Å². The summed E-state index contributed by atoms with van der Waals surface area (Å²) in [5.74, 6) is 0. The van der Waals surface area contributed by atoms with Gasteiger partial charge < -0.3 is 5.73 Å². The summed E-state index contributed by atoms with van der Waals surface area (Å²) in [5.41, 5.74) is 9.69. The number of nitrogens with zero attached hydrogens (tertiary/aromatic N) is 6. The molecule has 0 saturated heterocycles. The quantitative estimate of drug-likeness (QED) is 0.619. The van der Waals surface area contributed by atoms with E-state index >= 15 is 0 Å². The van der Waals surface area contributed by atoms with Gasteiger partial charge in [0.05, 0.1) is 24.0 Å². The zero-order valence-electron chi connectivity index (χ0n) is 12.2. The summed E-state index contributed by atoms with van der Waals surface area (Å²) in [4.78, 5) is 13.0. The summed E-state index contributed by atoms with van der Waals surface area (Å²) in [5, 5.41) is 9.24. The number of hydrogen-bond donors (Lipinski definition) is 1. The minimum atomic E-state index is 0.365. The van der Waals surface area contributed by atoms with Crippen molar-refractivity contribution < 1.29 is 0 Å². The van der Waals surface area contributed by atoms with Crippen LogP contribution in [-0.4, -0.2) is 29.9 Å². The Labute approximate surface area is 131 Å². The van der Waals surface area contributed by atoms with E-state index < -0.39 is 0 Å². The van der Waals surface area contributed by atoms with E-state index in [1.54, 1.807) is 17.1 Å². The first-order valence-electron chi connectivity index (χ1n) is 7.05. The predicted octanol–water partition coefficient (Wildman–Crippen LogP) is 1.75. The molecule has 3 heterocycles. The average Bonchev–Trinajstić information content (AvgIpc) is 2.97. The van der Waals surface area contributed by atoms with E-state index in [0.717, 1.165) is 16.5 Å². The lowest BCUT2D eigenvalue weighted by Crippen LogP contribution is -2.05. The first-order chi connectivity index (χ1) is 11.2. The molecule has 3 aromatic heterocycles. The van der Waals surface area contributed by atoms with Gasteiger partial charge in [-0.3, -0.25) is 4.98 Å². The van der Waals surface area contributed by atoms with Crippen LogP contribution >= 0.6 is 0 Å². The highest BCUT2D eigenvalue weighted by atomic mass is 15.4. The molecule has 0 unspecified atom stereocenters. The first kappa shape index (κ1) is 13.3. The highest BCUT2D eigenvalue weighted by Crippen LogP contribution is 2.16. The van der Waals surface area contributed by atoms with Gasteiger partial charge in [-0.1, -0.05) is 23.9 Å². The van der Waals surface area contributed by atoms with Crippen LogP contribution in [0.3, 0.4) is 0 Å². The van der Waals surface area contributed by atoms with Crippen molar-refractivity contribution >= 4 is 27.9 Å². The molecule has 2 N–H and O–H groups in total. The van der Waals surface area contributed by atoms with Gasteiger partial charge in [-0.25, -0.2) is 14.6 Å². The van der Waals surface area contributed by atoms with Gasteiger partial charge in [0.25, 0.3) is 0 Å². The highest BCUT2D eigenvalue weighted by Gasteiger charge is 2.10. The molecular weight excluding hydrogens is 290 g/mol. The van der Waals surface area contributed by atoms with Crippen LogP contribution < -0.4 is 5.73 Å². The van der Waals surface area contributed by atoms with E-state index in [1.165, 1.54) is 0 Å². The largest absolute Gasteiger partial charge is 0.397 e. The first-order valence-corrected chi connectivity index (χ1v) is 7.05. The summed E-state index contributed by atoms with van der Waals surface area (Å²) in [6.45, 7) is 4.22. The molecule has 112 valence electrons. The maximum Gasteiger partial charge on any atom is 0.221 e. The van der Waals surface area contributed by atoms with E-state index in [1.807, 2.05) is 24.3 Å². The number of hydrogen-bond acceptors (Lipinski definition) is 6. The molecule has 0 aliphatic carbocycles. The van der Waals surface area contributed by atoms with Crippen molar-refractivity contribution in [1.29, 1.82) is 0 Å². The summed E-state index contributed by atoms with van der Waals surface area (Å²) in [6.07, 6.45) is 3.33. The molecule has 0 spiro atoms. The number of rotatable bonds is 3. The van der Waals surface area contributed by atoms with Crippen molar-refractivity contribution in [3.63, 3.8) is 0 Å². The highest BCUT2D eigenvalue weighted by molar-refractivity contribution is 5.79. The molecule has 0 aliphatic heterocycles. The maximum atomic E-state index is 5.68. The Morgan fingerprint density at radius 2 is 2.13 bits per heavy atom. The molecule has 4 rings (SSSR count). The Balaban J connectivity index is 1.76. The van der Waals surface area contributed by atoms with Gasteiger partial charge >= 0.3 is 0 Å². The molecule has 23 heavy (non-hydrogen) atoms. The van der Waals surface area contributed by atoms with E-state index in [9.17, 15) is 0 Å². The average molecular weight is 303 g/mol. The second kappa shape index (κ2) is 5.13. The molecule has 0 radical (unpaired) electrons. The summed E-state index contributed by atoms with van der Waals surface area (Å²) < 4.78 is 1.70. The molecule has 0 amide bonds. The van der Waals surface area contributed by atoms with Gasteiger partial charge in [0.2, 0.25) is 5.65 Å². The standard InChI is InChI=1S/C16H13N7/c1-10(17)14-8-19-15-16(20-14)23(22-21-15)9-11-4-5-13-12(7-11)3-2-6-18-13/h2-8H,1,9,17H2. The fourth-order valence-corrected chi connectivity index (χ4v) is 2.41. The smallest absolute Gasteiger partial charge is 0.221 e. The van der Waals surface area contributed by atoms with Crippen molar-refractivity contribution in [2.45, 2.75) is 6.54 Å². The Morgan fingerprint density at radius 1 is 1.22 bits per heavy atom. The van der Waals surface area contributed by atoms with Gasteiger partial charge in [-0.2, -0.15) is 0 Å². The molecule has 0 bridgehead atoms. The Morgan fingerprint density at radius 3 is 3.00 bits per heavy atom. The normalized spacial score (nSPS) is 11.1. The lowest BCUT2D eigenvalue weighted by Gasteiger charge is -2.04. The topological polar surface area (TPSA) is 95.4 Å². The van der Waals surface area contributed by atoms with Crippen LogP contribution in [0, 0.1) is 0 Å². The van der Waals surface area contributed by atoms with E-state index in [4.69, 9.17) is 5.73 Å². The number of benzene rings is 1. The molecule has 1 aromatic carbocycles. The van der Waals surface area contributed by atoms with Gasteiger partial charge in [0.1, 0.15) is 5.69 Å². The summed E-state index contributed by atoms with van der Waals surface area (Å²) in [7, 11) is 0. The van der Waals surface area contributed by atoms with Gasteiger partial charge in [-0.15, -0.1) is 5.10 Å². The SMILES string of the molecule is C=C(N)c1cnc2nnn(Cc3ccc4ncccc4c3)c2n1. The van der Waals surface area contributed by atoms with Crippen LogP contribution in [0.2, 0.25) is 0 Å². The van der Waals surface area contributed by atoms with E-state index in [2.05, 4.69) is 37.9 Å². The van der Waals surface area contributed by atoms with Crippen LogP contribution in [0.1, 0.15) is 11.3 Å². The third-order valence-corrected chi connectivity index (χ3v) is 3.56. The van der Waals surface area contributed by atoms with Crippen LogP contribution in [0.4, 0.5) is 0 Å². The summed E-state index contributed by atoms with van der Waals surface area (Å²) >= 11 is 0. The maximum absolute atomic E-state index is 5.68. The summed E-state index contributed by atoms with van der Waals surface area (Å²) in [6, 6.07) is 10.0. The lowest BCUT2D eigenvalue weighted by molar-refractivity contribution is 0.664. The van der Waals surface area contributed by atoms with Gasteiger partial charge in [-0.05, 0) is 23.8 Å². The number of pyridine rings is 1. The van der Waals surface area contributed by atoms with Crippen molar-refractivity contribution in [3.05, 3.63) is 60.6 Å². The number of nitrogens with two attached hydrogens (primary N) is 1. The molecule has 0 fully saturated rings. The molecule has 0 aliphatic rings. The number of fused-ring (bicyclic) bond motifs is 2. The van der Waals surface area contributed by atoms with Crippen LogP contribution in [0.15, 0.2) is 49.3 Å². The predicted molar refractivity (Wildman–Crippen MR) is 87.2 cm³/mol. The molecule has 7 nitrogen and oxygen atoms in total. The van der Waals surface area contributed by atoms with Crippen molar-refractivity contribution in [2.75, 3.05) is 0 Å². The van der Waals surface area contributed by atoms with Crippen LogP contribution in [-0.2, 0) is 6.54 Å². The van der Waals surface area contributed by atoms with Crippen LogP contribution in [0.25, 0.3) is 27.9 Å². The minimum Gasteiger partial charge on any atom is -0.397 e. The lowest BCUT2D eigenvalue weighted by atomic mass is 10.1. The molecule has 0 atom stereocenters. The minimum absolute atomic E-state index is 0.365. The van der Waals surface area contributed by atoms with Crippen molar-refractivity contribution in [3.8, 4) is 0 Å². The number of aromatic nitrogens is 6. The fourth-order valence-electron chi connectivity index (χ4n) is 2.41. The Hall–Kier alpha value is -3.35. The van der Waals surface area contributed by atoms with E-state index in [-0.39, 0.29) is 0 Å². The second-order valence-corrected chi connectivity index (χ2v) is 5.21. The third-order valence-electron chi connectivity index (χ3n) is 3.56. The van der Waals surface area contributed by atoms with Crippen LogP contribution in [0.5, 0.6) is 0 Å². The zero-order valence-corrected chi connectivity index (χ0v) is 12.2. The molecular formula is C16H13N7. The third kappa shape index (κ3) is 2.38. The monoisotopic (exact) mass is 303 g/mol. The Kier molecular flexibility index (Phi) is 2.97. The fraction of sp³-hybridized carbons (Fsp3) is 0.0625. The zero-order chi connectivity index (χ0) is 15.8. The molecule has 7 heteroatoms. The van der Waals surface area contributed by atoms with Gasteiger partial charge in [0.15, 0.2) is 5.65 Å². The second-order valence-electron chi connectivity index (χ2n) is 5.21. The molecule has 0 saturated carbocycles. The van der Waals surface area contributed by atoms with E-state index in [0.29, 0.717) is 29.2 Å². The van der Waals surface area contributed by atoms with Crippen molar-refractivity contribution in [1.82, 2.24) is 29.9 Å².